The monoisotopic (exact) mass is 273 g/mol. The molecule has 0 saturated carbocycles. The molecule has 0 spiro atoms. The zero-order valence-corrected chi connectivity index (χ0v) is 11.9. The van der Waals surface area contributed by atoms with E-state index in [-0.39, 0.29) is 0 Å². The molecule has 0 radical (unpaired) electrons. The Morgan fingerprint density at radius 2 is 2.15 bits per heavy atom. The maximum Gasteiger partial charge on any atom is 0.218 e. The molecule has 2 aromatic rings. The number of fused-ring (bicyclic) bond motifs is 1. The minimum Gasteiger partial charge on any atom is -0.481 e. The maximum atomic E-state index is 5.13. The van der Waals surface area contributed by atoms with Crippen LogP contribution >= 0.6 is 0 Å². The van der Waals surface area contributed by atoms with Gasteiger partial charge in [-0.15, -0.1) is 0 Å². The number of ether oxygens (including phenoxy) is 1. The molecule has 106 valence electrons. The second kappa shape index (κ2) is 5.48. The van der Waals surface area contributed by atoms with Crippen LogP contribution in [0.15, 0.2) is 12.4 Å². The van der Waals surface area contributed by atoms with Gasteiger partial charge in [0.15, 0.2) is 0 Å². The number of aryl methyl sites for hydroxylation is 1. The first-order valence-electron chi connectivity index (χ1n) is 6.90. The highest BCUT2D eigenvalue weighted by Crippen LogP contribution is 2.24. The third-order valence-electron chi connectivity index (χ3n) is 3.76. The van der Waals surface area contributed by atoms with Crippen molar-refractivity contribution in [2.24, 2.45) is 0 Å². The lowest BCUT2D eigenvalue weighted by Gasteiger charge is -2.18. The molecule has 3 rings (SSSR count). The summed E-state index contributed by atoms with van der Waals surface area (Å²) in [5.41, 5.74) is 3.82. The first kappa shape index (κ1) is 12.9. The quantitative estimate of drug-likeness (QED) is 0.918. The van der Waals surface area contributed by atoms with Gasteiger partial charge in [-0.1, -0.05) is 0 Å². The van der Waals surface area contributed by atoms with Gasteiger partial charge in [0.05, 0.1) is 19.3 Å². The molecule has 2 heterocycles. The highest BCUT2D eigenvalue weighted by molar-refractivity contribution is 5.41. The lowest BCUT2D eigenvalue weighted by Crippen LogP contribution is -2.19. The van der Waals surface area contributed by atoms with Crippen LogP contribution in [-0.2, 0) is 19.4 Å². The van der Waals surface area contributed by atoms with E-state index in [1.54, 1.807) is 7.11 Å². The summed E-state index contributed by atoms with van der Waals surface area (Å²) >= 11 is 0. The average Bonchev–Trinajstić information content (AvgIpc) is 2.90. The Hall–Kier alpha value is -2.11. The molecule has 6 heteroatoms. The number of rotatable bonds is 4. The van der Waals surface area contributed by atoms with Crippen LogP contribution in [0.1, 0.15) is 29.8 Å². The van der Waals surface area contributed by atoms with Crippen LogP contribution in [0, 0.1) is 0 Å². The third-order valence-corrected chi connectivity index (χ3v) is 3.76. The highest BCUT2D eigenvalue weighted by Gasteiger charge is 2.18. The molecule has 0 bridgehead atoms. The number of aromatic nitrogens is 4. The number of methoxy groups -OCH3 is 1. The highest BCUT2D eigenvalue weighted by atomic mass is 16.5. The number of aromatic amines is 1. The van der Waals surface area contributed by atoms with Gasteiger partial charge in [-0.25, -0.2) is 9.97 Å². The summed E-state index contributed by atoms with van der Waals surface area (Å²) in [6.45, 7) is 0.742. The molecule has 1 N–H and O–H groups in total. The van der Waals surface area contributed by atoms with Crippen LogP contribution in [-0.4, -0.2) is 34.3 Å². The van der Waals surface area contributed by atoms with E-state index in [1.807, 2.05) is 13.1 Å². The van der Waals surface area contributed by atoms with Gasteiger partial charge in [0, 0.05) is 18.8 Å². The van der Waals surface area contributed by atoms with E-state index in [0.29, 0.717) is 5.88 Å². The molecule has 6 nitrogen and oxygen atoms in total. The van der Waals surface area contributed by atoms with Crippen molar-refractivity contribution < 1.29 is 4.74 Å². The van der Waals surface area contributed by atoms with Crippen molar-refractivity contribution in [2.75, 3.05) is 19.1 Å². The molecule has 1 aliphatic carbocycles. The van der Waals surface area contributed by atoms with E-state index in [4.69, 9.17) is 4.74 Å². The average molecular weight is 273 g/mol. The van der Waals surface area contributed by atoms with Crippen molar-refractivity contribution in [3.63, 3.8) is 0 Å². The van der Waals surface area contributed by atoms with Crippen LogP contribution in [0.3, 0.4) is 0 Å². The number of H-pyrrole nitrogens is 1. The van der Waals surface area contributed by atoms with Crippen molar-refractivity contribution in [2.45, 2.75) is 32.2 Å². The van der Waals surface area contributed by atoms with E-state index in [1.165, 1.54) is 30.4 Å². The molecule has 0 atom stereocenters. The summed E-state index contributed by atoms with van der Waals surface area (Å²) < 4.78 is 5.13. The SMILES string of the molecule is COc1cc(N(C)Cc2n[nH]c3c2CCCC3)ncn1. The van der Waals surface area contributed by atoms with Gasteiger partial charge < -0.3 is 9.64 Å². The van der Waals surface area contributed by atoms with E-state index in [0.717, 1.165) is 30.9 Å². The number of anilines is 1. The number of nitrogens with one attached hydrogen (secondary N) is 1. The lowest BCUT2D eigenvalue weighted by atomic mass is 9.96. The number of nitrogens with zero attached hydrogens (tertiary/aromatic N) is 4. The van der Waals surface area contributed by atoms with Crippen LogP contribution in [0.2, 0.25) is 0 Å². The molecule has 0 amide bonds. The minimum atomic E-state index is 0.575. The van der Waals surface area contributed by atoms with Crippen molar-refractivity contribution in [1.29, 1.82) is 0 Å². The Morgan fingerprint density at radius 1 is 1.30 bits per heavy atom. The van der Waals surface area contributed by atoms with Crippen LogP contribution in [0.5, 0.6) is 5.88 Å². The fraction of sp³-hybridized carbons (Fsp3) is 0.500. The standard InChI is InChI=1S/C14H19N5O/c1-19(13-7-14(20-2)16-9-15-13)8-12-10-5-3-4-6-11(10)17-18-12/h7,9H,3-6,8H2,1-2H3,(H,17,18). The second-order valence-corrected chi connectivity index (χ2v) is 5.11. The van der Waals surface area contributed by atoms with E-state index in [2.05, 4.69) is 25.1 Å². The Labute approximate surface area is 118 Å². The van der Waals surface area contributed by atoms with Crippen molar-refractivity contribution in [1.82, 2.24) is 20.2 Å². The fourth-order valence-corrected chi connectivity index (χ4v) is 2.64. The molecule has 0 unspecified atom stereocenters. The maximum absolute atomic E-state index is 5.13. The van der Waals surface area contributed by atoms with Crippen LogP contribution in [0.25, 0.3) is 0 Å². The fourth-order valence-electron chi connectivity index (χ4n) is 2.64. The summed E-state index contributed by atoms with van der Waals surface area (Å²) in [6.07, 6.45) is 6.28. The van der Waals surface area contributed by atoms with E-state index in [9.17, 15) is 0 Å². The molecule has 0 aliphatic heterocycles. The first-order valence-corrected chi connectivity index (χ1v) is 6.90. The Balaban J connectivity index is 1.78. The number of hydrogen-bond donors (Lipinski definition) is 1. The van der Waals surface area contributed by atoms with Gasteiger partial charge in [-0.05, 0) is 31.2 Å². The van der Waals surface area contributed by atoms with Gasteiger partial charge >= 0.3 is 0 Å². The molecule has 20 heavy (non-hydrogen) atoms. The largest absolute Gasteiger partial charge is 0.481 e. The summed E-state index contributed by atoms with van der Waals surface area (Å²) in [6, 6.07) is 1.83. The molecule has 0 aromatic carbocycles. The Bertz CT molecular complexity index is 595. The second-order valence-electron chi connectivity index (χ2n) is 5.11. The molecule has 0 saturated heterocycles. The zero-order valence-electron chi connectivity index (χ0n) is 11.9. The Morgan fingerprint density at radius 3 is 3.00 bits per heavy atom. The predicted molar refractivity (Wildman–Crippen MR) is 75.9 cm³/mol. The molecule has 1 aliphatic rings. The van der Waals surface area contributed by atoms with Crippen molar-refractivity contribution in [3.8, 4) is 5.88 Å². The first-order chi connectivity index (χ1) is 9.78. The summed E-state index contributed by atoms with van der Waals surface area (Å²) in [7, 11) is 3.61. The normalized spacial score (nSPS) is 13.9. The predicted octanol–water partition coefficient (Wildman–Crippen LogP) is 1.72. The van der Waals surface area contributed by atoms with Crippen LogP contribution in [0.4, 0.5) is 5.82 Å². The van der Waals surface area contributed by atoms with Gasteiger partial charge in [-0.3, -0.25) is 5.10 Å². The molecular formula is C14H19N5O. The van der Waals surface area contributed by atoms with Gasteiger partial charge in [-0.2, -0.15) is 5.10 Å². The Kier molecular flexibility index (Phi) is 3.54. The molecule has 0 fully saturated rings. The summed E-state index contributed by atoms with van der Waals surface area (Å²) in [5, 5.41) is 7.64. The summed E-state index contributed by atoms with van der Waals surface area (Å²) in [4.78, 5) is 10.4. The number of hydrogen-bond acceptors (Lipinski definition) is 5. The van der Waals surface area contributed by atoms with Crippen molar-refractivity contribution >= 4 is 5.82 Å². The lowest BCUT2D eigenvalue weighted by molar-refractivity contribution is 0.397. The molecular weight excluding hydrogens is 254 g/mol. The van der Waals surface area contributed by atoms with Crippen molar-refractivity contribution in [3.05, 3.63) is 29.3 Å². The smallest absolute Gasteiger partial charge is 0.218 e. The zero-order chi connectivity index (χ0) is 13.9. The van der Waals surface area contributed by atoms with Gasteiger partial charge in [0.2, 0.25) is 5.88 Å². The van der Waals surface area contributed by atoms with Gasteiger partial charge in [0.1, 0.15) is 12.1 Å². The third kappa shape index (κ3) is 2.45. The van der Waals surface area contributed by atoms with E-state index >= 15 is 0 Å². The van der Waals surface area contributed by atoms with E-state index < -0.39 is 0 Å². The van der Waals surface area contributed by atoms with Crippen LogP contribution < -0.4 is 9.64 Å². The topological polar surface area (TPSA) is 66.9 Å². The molecule has 2 aromatic heterocycles. The van der Waals surface area contributed by atoms with Gasteiger partial charge in [0.25, 0.3) is 0 Å². The minimum absolute atomic E-state index is 0.575. The summed E-state index contributed by atoms with van der Waals surface area (Å²) in [5.74, 6) is 1.41.